The zero-order valence-corrected chi connectivity index (χ0v) is 8.51. The Balaban J connectivity index is 0. The van der Waals surface area contributed by atoms with Crippen LogP contribution in [0.15, 0.2) is 0 Å². The topological polar surface area (TPSA) is 74.6 Å². The van der Waals surface area contributed by atoms with Crippen LogP contribution < -0.4 is 0 Å². The van der Waals surface area contributed by atoms with Crippen LogP contribution in [0.5, 0.6) is 0 Å². The van der Waals surface area contributed by atoms with Gasteiger partial charge in [0.1, 0.15) is 0 Å². The molecular weight excluding hydrogens is 319 g/mol. The summed E-state index contributed by atoms with van der Waals surface area (Å²) >= 11 is 0. The molecule has 0 amide bonds. The maximum atomic E-state index is 9.64. The van der Waals surface area contributed by atoms with Gasteiger partial charge in [-0.15, -0.1) is 0 Å². The van der Waals surface area contributed by atoms with Crippen LogP contribution in [-0.4, -0.2) is 49.5 Å². The Kier molecular flexibility index (Phi) is 7.74. The molecule has 0 aromatic rings. The summed E-state index contributed by atoms with van der Waals surface area (Å²) in [6.07, 6.45) is -0.593. The summed E-state index contributed by atoms with van der Waals surface area (Å²) in [5.41, 5.74) is 0. The third kappa shape index (κ3) is 11.4. The molecule has 4 nitrogen and oxygen atoms in total. The van der Waals surface area contributed by atoms with Crippen molar-refractivity contribution in [1.29, 1.82) is 0 Å². The number of hydrogen-bond acceptors (Lipinski definition) is 2. The number of aliphatic carboxylic acids is 2. The largest absolute Gasteiger partial charge is 0.481 e. The molecule has 0 aromatic heterocycles. The van der Waals surface area contributed by atoms with Gasteiger partial charge in [0.25, 0.3) is 0 Å². The van der Waals surface area contributed by atoms with Gasteiger partial charge in [0.2, 0.25) is 0 Å². The third-order valence-corrected chi connectivity index (χ3v) is 0.553. The van der Waals surface area contributed by atoms with E-state index in [2.05, 4.69) is 0 Å². The molecule has 2 N–H and O–H groups in total. The van der Waals surface area contributed by atoms with Crippen LogP contribution >= 0.6 is 0 Å². The molecule has 0 unspecified atom stereocenters. The maximum absolute atomic E-state index is 9.64. The smallest absolute Gasteiger partial charge is 0.303 e. The standard InChI is InChI=1S/C4H6O4.Pb/c5-3(6)1-2-4(7)8;/h1-2H2,(H,5,6)(H,7,8);. The van der Waals surface area contributed by atoms with Crippen molar-refractivity contribution in [2.45, 2.75) is 12.8 Å². The second-order valence-electron chi connectivity index (χ2n) is 1.29. The van der Waals surface area contributed by atoms with Crippen LogP contribution in [-0.2, 0) is 9.59 Å². The van der Waals surface area contributed by atoms with Gasteiger partial charge >= 0.3 is 11.9 Å². The fourth-order valence-electron chi connectivity index (χ4n) is 0.214. The minimum absolute atomic E-state index is 0. The van der Waals surface area contributed by atoms with Gasteiger partial charge in [-0.2, -0.15) is 0 Å². The molecule has 0 saturated carbocycles. The fraction of sp³-hybridized carbons (Fsp3) is 0.500. The molecule has 0 heterocycles. The summed E-state index contributed by atoms with van der Waals surface area (Å²) in [5.74, 6) is -2.15. The molecule has 50 valence electrons. The molecule has 0 saturated heterocycles. The van der Waals surface area contributed by atoms with Crippen molar-refractivity contribution >= 4 is 39.2 Å². The van der Waals surface area contributed by atoms with Gasteiger partial charge < -0.3 is 10.2 Å². The monoisotopic (exact) mass is 326 g/mol. The van der Waals surface area contributed by atoms with E-state index in [4.69, 9.17) is 10.2 Å². The van der Waals surface area contributed by atoms with Crippen molar-refractivity contribution in [2.24, 2.45) is 0 Å². The van der Waals surface area contributed by atoms with E-state index in [1.165, 1.54) is 0 Å². The second kappa shape index (κ2) is 5.99. The Morgan fingerprint density at radius 1 is 1.00 bits per heavy atom. The van der Waals surface area contributed by atoms with E-state index in [1.54, 1.807) is 0 Å². The molecule has 0 aliphatic rings. The molecule has 5 heteroatoms. The van der Waals surface area contributed by atoms with Gasteiger partial charge in [-0.25, -0.2) is 0 Å². The van der Waals surface area contributed by atoms with E-state index in [9.17, 15) is 9.59 Å². The SMILES string of the molecule is O=C(O)CCC(=O)O.[Pb]. The minimum Gasteiger partial charge on any atom is -0.481 e. The molecular formula is C4H6O4Pb. The Bertz CT molecular complexity index is 97.1. The predicted octanol–water partition coefficient (Wildman–Crippen LogP) is -0.445. The number of carbonyl (C=O) groups is 2. The Hall–Kier alpha value is -0.138. The summed E-state index contributed by atoms with van der Waals surface area (Å²) in [4.78, 5) is 19.3. The summed E-state index contributed by atoms with van der Waals surface area (Å²) < 4.78 is 0. The first-order valence-electron chi connectivity index (χ1n) is 2.06. The number of rotatable bonds is 3. The van der Waals surface area contributed by atoms with E-state index >= 15 is 0 Å². The Morgan fingerprint density at radius 2 is 1.22 bits per heavy atom. The fourth-order valence-corrected chi connectivity index (χ4v) is 0.214. The maximum Gasteiger partial charge on any atom is 0.303 e. The van der Waals surface area contributed by atoms with Gasteiger partial charge in [0.15, 0.2) is 0 Å². The molecule has 0 fully saturated rings. The third-order valence-electron chi connectivity index (χ3n) is 0.553. The van der Waals surface area contributed by atoms with Crippen LogP contribution in [0.3, 0.4) is 0 Å². The van der Waals surface area contributed by atoms with Crippen LogP contribution in [0.1, 0.15) is 12.8 Å². The molecule has 0 spiro atoms. The zero-order chi connectivity index (χ0) is 6.57. The minimum atomic E-state index is -1.08. The van der Waals surface area contributed by atoms with Crippen molar-refractivity contribution in [3.63, 3.8) is 0 Å². The summed E-state index contributed by atoms with van der Waals surface area (Å²) in [6, 6.07) is 0. The van der Waals surface area contributed by atoms with Crippen molar-refractivity contribution < 1.29 is 19.8 Å². The summed E-state index contributed by atoms with van der Waals surface area (Å²) in [6.45, 7) is 0. The average Bonchev–Trinajstić information content (AvgIpc) is 1.61. The first-order valence-corrected chi connectivity index (χ1v) is 2.06. The molecule has 0 aromatic carbocycles. The molecule has 0 atom stereocenters. The number of carboxylic acids is 2. The zero-order valence-electron chi connectivity index (χ0n) is 4.63. The summed E-state index contributed by atoms with van der Waals surface area (Å²) in [7, 11) is 0. The normalized spacial score (nSPS) is 7.56. The molecule has 0 aliphatic carbocycles. The number of carboxylic acid groups (broad SMARTS) is 2. The van der Waals surface area contributed by atoms with E-state index in [-0.39, 0.29) is 40.1 Å². The average molecular weight is 325 g/mol. The van der Waals surface area contributed by atoms with Gasteiger partial charge in [-0.05, 0) is 0 Å². The quantitative estimate of drug-likeness (QED) is 0.690. The molecule has 9 heavy (non-hydrogen) atoms. The summed E-state index contributed by atoms with van der Waals surface area (Å²) in [5, 5.41) is 15.8. The van der Waals surface area contributed by atoms with Gasteiger partial charge in [-0.3, -0.25) is 9.59 Å². The first kappa shape index (κ1) is 11.6. The van der Waals surface area contributed by atoms with E-state index in [0.717, 1.165) is 0 Å². The van der Waals surface area contributed by atoms with Crippen LogP contribution in [0, 0.1) is 0 Å². The van der Waals surface area contributed by atoms with Crippen molar-refractivity contribution in [2.75, 3.05) is 0 Å². The molecule has 0 aliphatic heterocycles. The number of hydrogen-bond donors (Lipinski definition) is 2. The Morgan fingerprint density at radius 3 is 1.33 bits per heavy atom. The van der Waals surface area contributed by atoms with Crippen LogP contribution in [0.2, 0.25) is 0 Å². The van der Waals surface area contributed by atoms with Gasteiger partial charge in [0, 0.05) is 27.3 Å². The molecule has 0 bridgehead atoms. The van der Waals surface area contributed by atoms with E-state index in [0.29, 0.717) is 0 Å². The molecule has 0 rings (SSSR count). The van der Waals surface area contributed by atoms with E-state index < -0.39 is 11.9 Å². The van der Waals surface area contributed by atoms with E-state index in [1.807, 2.05) is 0 Å². The Labute approximate surface area is 72.0 Å². The van der Waals surface area contributed by atoms with Crippen LogP contribution in [0.25, 0.3) is 0 Å². The second-order valence-corrected chi connectivity index (χ2v) is 1.29. The van der Waals surface area contributed by atoms with Gasteiger partial charge in [0.05, 0.1) is 12.8 Å². The van der Waals surface area contributed by atoms with Crippen LogP contribution in [0.4, 0.5) is 0 Å². The van der Waals surface area contributed by atoms with Crippen molar-refractivity contribution in [3.8, 4) is 0 Å². The van der Waals surface area contributed by atoms with Crippen molar-refractivity contribution in [3.05, 3.63) is 0 Å². The molecule has 4 radical (unpaired) electrons. The van der Waals surface area contributed by atoms with Gasteiger partial charge in [-0.1, -0.05) is 0 Å². The first-order chi connectivity index (χ1) is 3.63. The predicted molar refractivity (Wildman–Crippen MR) is 30.3 cm³/mol. The van der Waals surface area contributed by atoms with Crippen molar-refractivity contribution in [1.82, 2.24) is 0 Å².